The molecule has 1 aromatic heterocycles. The summed E-state index contributed by atoms with van der Waals surface area (Å²) in [6.07, 6.45) is 1.31. The van der Waals surface area contributed by atoms with Crippen LogP contribution in [0.1, 0.15) is 11.7 Å². The van der Waals surface area contributed by atoms with Crippen LogP contribution in [0.2, 0.25) is 0 Å². The third kappa shape index (κ3) is 3.08. The third-order valence-electron chi connectivity index (χ3n) is 1.45. The van der Waals surface area contributed by atoms with Gasteiger partial charge in [-0.25, -0.2) is 4.79 Å². The molecule has 0 saturated heterocycles. The molecule has 0 aromatic carbocycles. The van der Waals surface area contributed by atoms with Gasteiger partial charge in [-0.3, -0.25) is 4.98 Å². The zero-order chi connectivity index (χ0) is 9.68. The quantitative estimate of drug-likeness (QED) is 0.699. The van der Waals surface area contributed by atoms with Crippen LogP contribution in [0.15, 0.2) is 24.5 Å². The molecule has 0 aliphatic carbocycles. The van der Waals surface area contributed by atoms with Gasteiger partial charge in [0, 0.05) is 18.0 Å². The number of aliphatic hydroxyl groups excluding tert-OH is 1. The fourth-order valence-electron chi connectivity index (χ4n) is 0.830. The number of carbonyl (C=O) groups excluding carboxylic acids is 1. The van der Waals surface area contributed by atoms with Crippen LogP contribution in [0.25, 0.3) is 0 Å². The van der Waals surface area contributed by atoms with Crippen molar-refractivity contribution in [2.24, 2.45) is 5.73 Å². The summed E-state index contributed by atoms with van der Waals surface area (Å²) >= 11 is 0. The Morgan fingerprint density at radius 1 is 1.77 bits per heavy atom. The Labute approximate surface area is 75.2 Å². The SMILES string of the molecule is NC(=O)OC[C@H](O)c1cccnc1. The number of aliphatic hydroxyl groups is 1. The first-order valence-corrected chi connectivity index (χ1v) is 3.70. The number of carbonyl (C=O) groups is 1. The standard InChI is InChI=1S/C8H10N2O3/c9-8(12)13-5-7(11)6-2-1-3-10-4-6/h1-4,7,11H,5H2,(H2,9,12)/t7-/m0/s1. The summed E-state index contributed by atoms with van der Waals surface area (Å²) < 4.78 is 4.42. The van der Waals surface area contributed by atoms with E-state index < -0.39 is 12.2 Å². The van der Waals surface area contributed by atoms with Crippen molar-refractivity contribution in [3.05, 3.63) is 30.1 Å². The molecule has 0 unspecified atom stereocenters. The van der Waals surface area contributed by atoms with Gasteiger partial charge in [0.25, 0.3) is 0 Å². The van der Waals surface area contributed by atoms with Gasteiger partial charge in [0.1, 0.15) is 12.7 Å². The minimum absolute atomic E-state index is 0.152. The van der Waals surface area contributed by atoms with Crippen molar-refractivity contribution in [1.29, 1.82) is 0 Å². The van der Waals surface area contributed by atoms with Gasteiger partial charge in [-0.2, -0.15) is 0 Å². The highest BCUT2D eigenvalue weighted by molar-refractivity contribution is 5.64. The van der Waals surface area contributed by atoms with E-state index in [0.29, 0.717) is 5.56 Å². The lowest BCUT2D eigenvalue weighted by Gasteiger charge is -2.09. The molecule has 5 nitrogen and oxygen atoms in total. The number of nitrogens with zero attached hydrogens (tertiary/aromatic N) is 1. The zero-order valence-corrected chi connectivity index (χ0v) is 6.88. The summed E-state index contributed by atoms with van der Waals surface area (Å²) in [4.78, 5) is 14.0. The number of primary amides is 1. The average molecular weight is 182 g/mol. The molecule has 0 spiro atoms. The minimum atomic E-state index is -0.900. The smallest absolute Gasteiger partial charge is 0.404 e. The van der Waals surface area contributed by atoms with Crippen LogP contribution in [0, 0.1) is 0 Å². The minimum Gasteiger partial charge on any atom is -0.447 e. The third-order valence-corrected chi connectivity index (χ3v) is 1.45. The van der Waals surface area contributed by atoms with Crippen LogP contribution in [0.5, 0.6) is 0 Å². The number of ether oxygens (including phenoxy) is 1. The second-order valence-electron chi connectivity index (χ2n) is 2.43. The van der Waals surface area contributed by atoms with Crippen molar-refractivity contribution in [2.75, 3.05) is 6.61 Å². The molecule has 1 rings (SSSR count). The summed E-state index contributed by atoms with van der Waals surface area (Å²) in [5, 5.41) is 9.40. The molecule has 0 radical (unpaired) electrons. The van der Waals surface area contributed by atoms with E-state index in [0.717, 1.165) is 0 Å². The lowest BCUT2D eigenvalue weighted by Crippen LogP contribution is -2.17. The molecule has 0 saturated carbocycles. The first kappa shape index (κ1) is 9.47. The highest BCUT2D eigenvalue weighted by Crippen LogP contribution is 2.10. The number of pyridine rings is 1. The Bertz CT molecular complexity index is 276. The molecule has 1 atom stereocenters. The fraction of sp³-hybridized carbons (Fsp3) is 0.250. The van der Waals surface area contributed by atoms with E-state index in [4.69, 9.17) is 5.73 Å². The molecule has 0 bridgehead atoms. The van der Waals surface area contributed by atoms with Gasteiger partial charge in [0.05, 0.1) is 0 Å². The maximum absolute atomic E-state index is 10.2. The summed E-state index contributed by atoms with van der Waals surface area (Å²) in [5.74, 6) is 0. The van der Waals surface area contributed by atoms with Gasteiger partial charge >= 0.3 is 6.09 Å². The summed E-state index contributed by atoms with van der Waals surface area (Å²) in [6.45, 7) is -0.152. The molecule has 0 fully saturated rings. The Morgan fingerprint density at radius 2 is 2.54 bits per heavy atom. The number of nitrogens with two attached hydrogens (primary N) is 1. The van der Waals surface area contributed by atoms with Gasteiger partial charge in [0.15, 0.2) is 0 Å². The highest BCUT2D eigenvalue weighted by atomic mass is 16.6. The maximum atomic E-state index is 10.2. The molecular weight excluding hydrogens is 172 g/mol. The van der Waals surface area contributed by atoms with E-state index in [9.17, 15) is 9.90 Å². The monoisotopic (exact) mass is 182 g/mol. The van der Waals surface area contributed by atoms with E-state index >= 15 is 0 Å². The molecular formula is C8H10N2O3. The number of hydrogen-bond donors (Lipinski definition) is 2. The first-order valence-electron chi connectivity index (χ1n) is 3.70. The molecule has 1 heterocycles. The number of hydrogen-bond acceptors (Lipinski definition) is 4. The van der Waals surface area contributed by atoms with Crippen LogP contribution >= 0.6 is 0 Å². The molecule has 13 heavy (non-hydrogen) atoms. The number of rotatable bonds is 3. The highest BCUT2D eigenvalue weighted by Gasteiger charge is 2.08. The Hall–Kier alpha value is -1.62. The topological polar surface area (TPSA) is 85.4 Å². The second-order valence-corrected chi connectivity index (χ2v) is 2.43. The van der Waals surface area contributed by atoms with Crippen LogP contribution in [0.4, 0.5) is 4.79 Å². The predicted octanol–water partition coefficient (Wildman–Crippen LogP) is 0.210. The normalized spacial score (nSPS) is 12.1. The van der Waals surface area contributed by atoms with Gasteiger partial charge in [-0.15, -0.1) is 0 Å². The van der Waals surface area contributed by atoms with Crippen molar-refractivity contribution in [3.8, 4) is 0 Å². The first-order chi connectivity index (χ1) is 6.20. The lowest BCUT2D eigenvalue weighted by atomic mass is 10.2. The second kappa shape index (κ2) is 4.42. The zero-order valence-electron chi connectivity index (χ0n) is 6.88. The van der Waals surface area contributed by atoms with Crippen LogP contribution in [-0.2, 0) is 4.74 Å². The average Bonchev–Trinajstić information content (AvgIpc) is 2.15. The van der Waals surface area contributed by atoms with Crippen LogP contribution in [0.3, 0.4) is 0 Å². The summed E-state index contributed by atoms with van der Waals surface area (Å²) in [6, 6.07) is 3.37. The summed E-state index contributed by atoms with van der Waals surface area (Å²) in [5.41, 5.74) is 5.32. The molecule has 3 N–H and O–H groups in total. The molecule has 0 aliphatic heterocycles. The van der Waals surface area contributed by atoms with Gasteiger partial charge in [0.2, 0.25) is 0 Å². The maximum Gasteiger partial charge on any atom is 0.404 e. The van der Waals surface area contributed by atoms with E-state index in [-0.39, 0.29) is 6.61 Å². The van der Waals surface area contributed by atoms with Crippen molar-refractivity contribution in [3.63, 3.8) is 0 Å². The van der Waals surface area contributed by atoms with E-state index in [1.807, 2.05) is 0 Å². The Balaban J connectivity index is 2.49. The molecule has 0 aliphatic rings. The lowest BCUT2D eigenvalue weighted by molar-refractivity contribution is 0.0727. The molecule has 70 valence electrons. The Morgan fingerprint density at radius 3 is 3.08 bits per heavy atom. The predicted molar refractivity (Wildman–Crippen MR) is 44.7 cm³/mol. The van der Waals surface area contributed by atoms with Crippen molar-refractivity contribution >= 4 is 6.09 Å². The van der Waals surface area contributed by atoms with Crippen molar-refractivity contribution < 1.29 is 14.6 Å². The van der Waals surface area contributed by atoms with Crippen LogP contribution < -0.4 is 5.73 Å². The van der Waals surface area contributed by atoms with E-state index in [1.165, 1.54) is 6.20 Å². The van der Waals surface area contributed by atoms with Gasteiger partial charge < -0.3 is 15.6 Å². The summed E-state index contributed by atoms with van der Waals surface area (Å²) in [7, 11) is 0. The number of amides is 1. The van der Waals surface area contributed by atoms with Gasteiger partial charge in [-0.05, 0) is 6.07 Å². The van der Waals surface area contributed by atoms with E-state index in [2.05, 4.69) is 9.72 Å². The molecule has 5 heteroatoms. The van der Waals surface area contributed by atoms with Crippen molar-refractivity contribution in [2.45, 2.75) is 6.10 Å². The van der Waals surface area contributed by atoms with Crippen molar-refractivity contribution in [1.82, 2.24) is 4.98 Å². The molecule has 1 aromatic rings. The number of aromatic nitrogens is 1. The molecule has 1 amide bonds. The Kier molecular flexibility index (Phi) is 3.22. The largest absolute Gasteiger partial charge is 0.447 e. The van der Waals surface area contributed by atoms with Crippen LogP contribution in [-0.4, -0.2) is 22.8 Å². The van der Waals surface area contributed by atoms with E-state index in [1.54, 1.807) is 18.3 Å². The van der Waals surface area contributed by atoms with Gasteiger partial charge in [-0.1, -0.05) is 6.07 Å². The fourth-order valence-corrected chi connectivity index (χ4v) is 0.830.